The number of aliphatic hydroxyl groups is 1. The minimum Gasteiger partial charge on any atom is -0.465 e. The van der Waals surface area contributed by atoms with Crippen LogP contribution in [0, 0.1) is 20.2 Å². The van der Waals surface area contributed by atoms with Gasteiger partial charge in [0.05, 0.1) is 41.8 Å². The Morgan fingerprint density at radius 3 is 1.60 bits per heavy atom. The summed E-state index contributed by atoms with van der Waals surface area (Å²) in [6.07, 6.45) is 0. The summed E-state index contributed by atoms with van der Waals surface area (Å²) in [5.41, 5.74) is 0.560. The third kappa shape index (κ3) is 6.79. The van der Waals surface area contributed by atoms with Crippen LogP contribution in [0.2, 0.25) is 0 Å². The highest BCUT2D eigenvalue weighted by molar-refractivity contribution is 6.17. The van der Waals surface area contributed by atoms with Crippen molar-refractivity contribution >= 4 is 34.9 Å². The average molecular weight is 441 g/mol. The summed E-state index contributed by atoms with van der Waals surface area (Å²) in [5.74, 6) is -1.19. The molecule has 0 aliphatic carbocycles. The number of nitro groups is 2. The standard InChI is InChI=1S/C9H8ClNO4.C9H9NO5/c1-15-9(12)7-2-6(5-10)3-8(4-7)11(13)14;1-15-9(12)7-2-6(5-11)3-8(4-7)10(13)14/h2-4H,5H2,1H3;2-4,11H,5H2,1H3. The molecule has 0 heterocycles. The highest BCUT2D eigenvalue weighted by atomic mass is 35.5. The van der Waals surface area contributed by atoms with Crippen LogP contribution in [-0.4, -0.2) is 41.1 Å². The Labute approximate surface area is 175 Å². The second-order valence-electron chi connectivity index (χ2n) is 5.57. The predicted molar refractivity (Wildman–Crippen MR) is 104 cm³/mol. The number of nitro benzene ring substituents is 2. The van der Waals surface area contributed by atoms with Gasteiger partial charge < -0.3 is 14.6 Å². The Morgan fingerprint density at radius 1 is 0.867 bits per heavy atom. The van der Waals surface area contributed by atoms with E-state index < -0.39 is 21.8 Å². The Balaban J connectivity index is 0.000000300. The van der Waals surface area contributed by atoms with Gasteiger partial charge in [-0.2, -0.15) is 0 Å². The van der Waals surface area contributed by atoms with Crippen LogP contribution in [0.1, 0.15) is 31.8 Å². The highest BCUT2D eigenvalue weighted by Crippen LogP contribution is 2.19. The van der Waals surface area contributed by atoms with Crippen molar-refractivity contribution in [3.05, 3.63) is 78.9 Å². The molecular formula is C18H17ClN2O9. The van der Waals surface area contributed by atoms with Crippen LogP contribution in [0.15, 0.2) is 36.4 Å². The number of rotatable bonds is 6. The maximum atomic E-state index is 11.2. The largest absolute Gasteiger partial charge is 0.465 e. The van der Waals surface area contributed by atoms with Crippen LogP contribution in [0.25, 0.3) is 0 Å². The van der Waals surface area contributed by atoms with Gasteiger partial charge in [-0.3, -0.25) is 20.2 Å². The van der Waals surface area contributed by atoms with Crippen LogP contribution in [0.3, 0.4) is 0 Å². The summed E-state index contributed by atoms with van der Waals surface area (Å²) >= 11 is 5.55. The lowest BCUT2D eigenvalue weighted by Crippen LogP contribution is -2.03. The molecule has 0 radical (unpaired) electrons. The van der Waals surface area contributed by atoms with Crippen LogP contribution in [0.5, 0.6) is 0 Å². The number of nitrogens with zero attached hydrogens (tertiary/aromatic N) is 2. The van der Waals surface area contributed by atoms with Gasteiger partial charge in [0.1, 0.15) is 0 Å². The average Bonchev–Trinajstić information content (AvgIpc) is 2.77. The van der Waals surface area contributed by atoms with E-state index in [1.54, 1.807) is 0 Å². The van der Waals surface area contributed by atoms with E-state index >= 15 is 0 Å². The van der Waals surface area contributed by atoms with Gasteiger partial charge in [-0.25, -0.2) is 9.59 Å². The quantitative estimate of drug-likeness (QED) is 0.308. The smallest absolute Gasteiger partial charge is 0.338 e. The van der Waals surface area contributed by atoms with Crippen LogP contribution in [0.4, 0.5) is 11.4 Å². The maximum Gasteiger partial charge on any atom is 0.338 e. The Bertz CT molecular complexity index is 885. The first-order chi connectivity index (χ1) is 14.2. The number of non-ortho nitro benzene ring substituents is 2. The minimum atomic E-state index is -0.673. The fourth-order valence-electron chi connectivity index (χ4n) is 2.20. The number of ether oxygens (including phenoxy) is 2. The van der Waals surface area contributed by atoms with Crippen molar-refractivity contribution in [2.24, 2.45) is 0 Å². The number of hydrogen-bond donors (Lipinski definition) is 1. The number of benzene rings is 2. The number of halogens is 1. The summed E-state index contributed by atoms with van der Waals surface area (Å²) in [4.78, 5) is 42.1. The van der Waals surface area contributed by atoms with Crippen molar-refractivity contribution in [1.29, 1.82) is 0 Å². The molecule has 0 spiro atoms. The van der Waals surface area contributed by atoms with Crippen molar-refractivity contribution in [3.8, 4) is 0 Å². The molecule has 12 heteroatoms. The van der Waals surface area contributed by atoms with Gasteiger partial charge in [-0.1, -0.05) is 0 Å². The van der Waals surface area contributed by atoms with Crippen LogP contribution >= 0.6 is 11.6 Å². The van der Waals surface area contributed by atoms with E-state index in [1.807, 2.05) is 0 Å². The Morgan fingerprint density at radius 2 is 1.27 bits per heavy atom. The molecule has 0 amide bonds. The van der Waals surface area contributed by atoms with Gasteiger partial charge >= 0.3 is 11.9 Å². The SMILES string of the molecule is COC(=O)c1cc(CCl)cc([N+](=O)[O-])c1.COC(=O)c1cc(CO)cc([N+](=O)[O-])c1. The molecule has 1 N–H and O–H groups in total. The zero-order valence-electron chi connectivity index (χ0n) is 15.9. The van der Waals surface area contributed by atoms with Gasteiger partial charge in [0.25, 0.3) is 11.4 Å². The van der Waals surface area contributed by atoms with Crippen molar-refractivity contribution < 1.29 is 34.0 Å². The molecule has 0 bridgehead atoms. The number of methoxy groups -OCH3 is 2. The third-order valence-corrected chi connectivity index (χ3v) is 3.86. The molecule has 0 aromatic heterocycles. The van der Waals surface area contributed by atoms with E-state index in [1.165, 1.54) is 38.5 Å². The molecule has 160 valence electrons. The fraction of sp³-hybridized carbons (Fsp3) is 0.222. The van der Waals surface area contributed by atoms with E-state index in [0.717, 1.165) is 12.1 Å². The lowest BCUT2D eigenvalue weighted by Gasteiger charge is -2.02. The lowest BCUT2D eigenvalue weighted by molar-refractivity contribution is -0.385. The summed E-state index contributed by atoms with van der Waals surface area (Å²) in [7, 11) is 2.39. The van der Waals surface area contributed by atoms with Gasteiger partial charge in [0, 0.05) is 30.1 Å². The Hall–Kier alpha value is -3.57. The number of alkyl halides is 1. The molecular weight excluding hydrogens is 424 g/mol. The highest BCUT2D eigenvalue weighted by Gasteiger charge is 2.15. The van der Waals surface area contributed by atoms with Crippen molar-refractivity contribution in [1.82, 2.24) is 0 Å². The number of carbonyl (C=O) groups is 2. The molecule has 0 aliphatic rings. The molecule has 30 heavy (non-hydrogen) atoms. The van der Waals surface area contributed by atoms with Crippen molar-refractivity contribution in [3.63, 3.8) is 0 Å². The zero-order valence-corrected chi connectivity index (χ0v) is 16.6. The van der Waals surface area contributed by atoms with Crippen molar-refractivity contribution in [2.75, 3.05) is 14.2 Å². The van der Waals surface area contributed by atoms with E-state index in [2.05, 4.69) is 9.47 Å². The first-order valence-corrected chi connectivity index (χ1v) is 8.60. The molecule has 11 nitrogen and oxygen atoms in total. The summed E-state index contributed by atoms with van der Waals surface area (Å²) in [6, 6.07) is 7.59. The third-order valence-electron chi connectivity index (χ3n) is 3.56. The van der Waals surface area contributed by atoms with Gasteiger partial charge in [-0.05, 0) is 23.3 Å². The van der Waals surface area contributed by atoms with E-state index in [0.29, 0.717) is 11.1 Å². The van der Waals surface area contributed by atoms with Gasteiger partial charge in [-0.15, -0.1) is 11.6 Å². The predicted octanol–water partition coefficient (Wildman–Crippen LogP) is 2.99. The molecule has 0 fully saturated rings. The molecule has 0 aliphatic heterocycles. The zero-order chi connectivity index (χ0) is 22.8. The molecule has 0 atom stereocenters. The van der Waals surface area contributed by atoms with Crippen LogP contribution in [-0.2, 0) is 22.0 Å². The maximum absolute atomic E-state index is 11.2. The minimum absolute atomic E-state index is 0.0516. The number of esters is 2. The summed E-state index contributed by atoms with van der Waals surface area (Å²) in [5, 5.41) is 29.9. The van der Waals surface area contributed by atoms with Crippen LogP contribution < -0.4 is 0 Å². The number of aliphatic hydroxyl groups excluding tert-OH is 1. The second-order valence-corrected chi connectivity index (χ2v) is 5.83. The van der Waals surface area contributed by atoms with Gasteiger partial charge in [0.15, 0.2) is 0 Å². The van der Waals surface area contributed by atoms with Gasteiger partial charge in [0.2, 0.25) is 0 Å². The second kappa shape index (κ2) is 11.4. The number of hydrogen-bond acceptors (Lipinski definition) is 9. The molecule has 2 rings (SSSR count). The Kier molecular flexibility index (Phi) is 9.33. The summed E-state index contributed by atoms with van der Waals surface area (Å²) < 4.78 is 8.89. The van der Waals surface area contributed by atoms with Crippen molar-refractivity contribution in [2.45, 2.75) is 12.5 Å². The van der Waals surface area contributed by atoms with E-state index in [9.17, 15) is 29.8 Å². The molecule has 0 unspecified atom stereocenters. The topological polar surface area (TPSA) is 159 Å². The normalized spacial score (nSPS) is 9.73. The fourth-order valence-corrected chi connectivity index (χ4v) is 2.35. The summed E-state index contributed by atoms with van der Waals surface area (Å²) in [6.45, 7) is -0.369. The molecule has 0 saturated carbocycles. The van der Waals surface area contributed by atoms with E-state index in [-0.39, 0.29) is 35.0 Å². The molecule has 0 saturated heterocycles. The number of carbonyl (C=O) groups excluding carboxylic acids is 2. The first-order valence-electron chi connectivity index (χ1n) is 8.07. The monoisotopic (exact) mass is 440 g/mol. The lowest BCUT2D eigenvalue weighted by atomic mass is 10.1. The molecule has 2 aromatic rings. The van der Waals surface area contributed by atoms with E-state index in [4.69, 9.17) is 16.7 Å². The first kappa shape index (κ1) is 24.5. The molecule has 2 aromatic carbocycles.